The largest absolute Gasteiger partial charge is 0.354 e. The fraction of sp³-hybridized carbons (Fsp3) is 0.348. The van der Waals surface area contributed by atoms with Gasteiger partial charge >= 0.3 is 0 Å². The fourth-order valence-corrected chi connectivity index (χ4v) is 2.65. The van der Waals surface area contributed by atoms with Crippen LogP contribution in [0.2, 0.25) is 0 Å². The molecule has 154 valence electrons. The lowest BCUT2D eigenvalue weighted by molar-refractivity contribution is -0.120. The fourth-order valence-electron chi connectivity index (χ4n) is 2.65. The molecule has 0 saturated heterocycles. The van der Waals surface area contributed by atoms with E-state index in [-0.39, 0.29) is 29.3 Å². The molecule has 0 aliphatic rings. The lowest BCUT2D eigenvalue weighted by Gasteiger charge is -2.20. The van der Waals surface area contributed by atoms with Gasteiger partial charge in [0.15, 0.2) is 0 Å². The summed E-state index contributed by atoms with van der Waals surface area (Å²) < 4.78 is 0. The van der Waals surface area contributed by atoms with Gasteiger partial charge in [0, 0.05) is 28.4 Å². The first-order valence-electron chi connectivity index (χ1n) is 9.66. The van der Waals surface area contributed by atoms with Crippen molar-refractivity contribution < 1.29 is 14.4 Å². The van der Waals surface area contributed by atoms with Crippen molar-refractivity contribution >= 4 is 23.4 Å². The molecule has 0 fully saturated rings. The number of rotatable bonds is 6. The minimum absolute atomic E-state index is 0.0348. The summed E-state index contributed by atoms with van der Waals surface area (Å²) in [7, 11) is 0. The molecule has 0 heterocycles. The molecule has 0 spiro atoms. The van der Waals surface area contributed by atoms with Crippen molar-refractivity contribution in [2.45, 2.75) is 52.6 Å². The third kappa shape index (κ3) is 7.41. The minimum atomic E-state index is -0.325. The molecule has 0 aliphatic heterocycles. The molecular formula is C23H29N3O3. The van der Waals surface area contributed by atoms with Crippen LogP contribution in [0.15, 0.2) is 48.5 Å². The maximum Gasteiger partial charge on any atom is 0.255 e. The minimum Gasteiger partial charge on any atom is -0.354 e. The van der Waals surface area contributed by atoms with Crippen LogP contribution in [0, 0.1) is 0 Å². The van der Waals surface area contributed by atoms with E-state index < -0.39 is 0 Å². The maximum atomic E-state index is 12.4. The summed E-state index contributed by atoms with van der Waals surface area (Å²) in [6, 6.07) is 13.8. The zero-order valence-corrected chi connectivity index (χ0v) is 17.6. The highest BCUT2D eigenvalue weighted by Gasteiger charge is 2.16. The number of carbonyl (C=O) groups is 3. The molecule has 0 saturated carbocycles. The Kier molecular flexibility index (Phi) is 7.15. The summed E-state index contributed by atoms with van der Waals surface area (Å²) in [5, 5.41) is 8.55. The van der Waals surface area contributed by atoms with E-state index >= 15 is 0 Å². The quantitative estimate of drug-likeness (QED) is 0.699. The molecule has 0 radical (unpaired) electrons. The molecule has 2 rings (SSSR count). The van der Waals surface area contributed by atoms with Crippen LogP contribution in [0.25, 0.3) is 0 Å². The highest BCUT2D eigenvalue weighted by atomic mass is 16.2. The standard InChI is InChI=1S/C23H29N3O3/c1-15(2)24-20(27)14-16-6-12-19(13-7-16)25-21(28)17-8-10-18(11-9-17)22(29)26-23(3,4)5/h6-13,15H,14H2,1-5H3,(H,24,27)(H,25,28)(H,26,29). The van der Waals surface area contributed by atoms with Crippen LogP contribution in [0.4, 0.5) is 5.69 Å². The molecule has 0 bridgehead atoms. The molecule has 0 unspecified atom stereocenters. The average molecular weight is 396 g/mol. The zero-order chi connectivity index (χ0) is 21.6. The zero-order valence-electron chi connectivity index (χ0n) is 17.6. The lowest BCUT2D eigenvalue weighted by Crippen LogP contribution is -2.40. The molecular weight excluding hydrogens is 366 g/mol. The molecule has 6 heteroatoms. The number of nitrogens with one attached hydrogen (secondary N) is 3. The van der Waals surface area contributed by atoms with E-state index in [1.807, 2.05) is 46.8 Å². The van der Waals surface area contributed by atoms with Gasteiger partial charge in [-0.25, -0.2) is 0 Å². The normalized spacial score (nSPS) is 11.1. The summed E-state index contributed by atoms with van der Waals surface area (Å²) >= 11 is 0. The van der Waals surface area contributed by atoms with E-state index in [1.54, 1.807) is 36.4 Å². The second-order valence-corrected chi connectivity index (χ2v) is 8.33. The number of hydrogen-bond acceptors (Lipinski definition) is 3. The summed E-state index contributed by atoms with van der Waals surface area (Å²) in [5.41, 5.74) is 2.14. The van der Waals surface area contributed by atoms with Crippen molar-refractivity contribution in [3.63, 3.8) is 0 Å². The smallest absolute Gasteiger partial charge is 0.255 e. The Morgan fingerprint density at radius 2 is 1.34 bits per heavy atom. The van der Waals surface area contributed by atoms with Gasteiger partial charge in [-0.05, 0) is 76.6 Å². The summed E-state index contributed by atoms with van der Waals surface area (Å²) in [5.74, 6) is -0.480. The Labute approximate surface area is 172 Å². The molecule has 3 amide bonds. The Morgan fingerprint density at radius 1 is 0.828 bits per heavy atom. The van der Waals surface area contributed by atoms with Crippen molar-refractivity contribution in [1.29, 1.82) is 0 Å². The maximum absolute atomic E-state index is 12.4. The van der Waals surface area contributed by atoms with E-state index in [4.69, 9.17) is 0 Å². The first-order chi connectivity index (χ1) is 13.5. The first-order valence-corrected chi connectivity index (χ1v) is 9.66. The number of hydrogen-bond donors (Lipinski definition) is 3. The van der Waals surface area contributed by atoms with E-state index in [0.29, 0.717) is 23.2 Å². The second kappa shape index (κ2) is 9.37. The van der Waals surface area contributed by atoms with Crippen LogP contribution in [0.1, 0.15) is 60.9 Å². The second-order valence-electron chi connectivity index (χ2n) is 8.33. The van der Waals surface area contributed by atoms with Gasteiger partial charge in [-0.1, -0.05) is 12.1 Å². The molecule has 6 nitrogen and oxygen atoms in total. The van der Waals surface area contributed by atoms with Gasteiger partial charge < -0.3 is 16.0 Å². The summed E-state index contributed by atoms with van der Waals surface area (Å²) in [6.07, 6.45) is 0.296. The summed E-state index contributed by atoms with van der Waals surface area (Å²) in [6.45, 7) is 9.57. The number of amides is 3. The van der Waals surface area contributed by atoms with Crippen molar-refractivity contribution in [3.05, 3.63) is 65.2 Å². The molecule has 0 aliphatic carbocycles. The SMILES string of the molecule is CC(C)NC(=O)Cc1ccc(NC(=O)c2ccc(C(=O)NC(C)(C)C)cc2)cc1. The van der Waals surface area contributed by atoms with E-state index in [1.165, 1.54) is 0 Å². The van der Waals surface area contributed by atoms with Crippen molar-refractivity contribution in [1.82, 2.24) is 10.6 Å². The van der Waals surface area contributed by atoms with Crippen LogP contribution in [-0.4, -0.2) is 29.3 Å². The van der Waals surface area contributed by atoms with E-state index in [9.17, 15) is 14.4 Å². The van der Waals surface area contributed by atoms with Crippen molar-refractivity contribution in [3.8, 4) is 0 Å². The Bertz CT molecular complexity index is 864. The molecule has 0 atom stereocenters. The molecule has 0 aromatic heterocycles. The molecule has 3 N–H and O–H groups in total. The van der Waals surface area contributed by atoms with Crippen LogP contribution in [0.5, 0.6) is 0 Å². The van der Waals surface area contributed by atoms with E-state index in [2.05, 4.69) is 16.0 Å². The highest BCUT2D eigenvalue weighted by molar-refractivity contribution is 6.05. The third-order valence-corrected chi connectivity index (χ3v) is 3.92. The van der Waals surface area contributed by atoms with Gasteiger partial charge in [0.1, 0.15) is 0 Å². The third-order valence-electron chi connectivity index (χ3n) is 3.92. The number of anilines is 1. The predicted octanol–water partition coefficient (Wildman–Crippen LogP) is 3.53. The van der Waals surface area contributed by atoms with Crippen molar-refractivity contribution in [2.24, 2.45) is 0 Å². The van der Waals surface area contributed by atoms with Gasteiger partial charge in [-0.3, -0.25) is 14.4 Å². The van der Waals surface area contributed by atoms with Gasteiger partial charge in [-0.2, -0.15) is 0 Å². The average Bonchev–Trinajstić information content (AvgIpc) is 2.61. The monoisotopic (exact) mass is 395 g/mol. The lowest BCUT2D eigenvalue weighted by atomic mass is 10.1. The van der Waals surface area contributed by atoms with Gasteiger partial charge in [-0.15, -0.1) is 0 Å². The van der Waals surface area contributed by atoms with Gasteiger partial charge in [0.25, 0.3) is 11.8 Å². The van der Waals surface area contributed by atoms with Gasteiger partial charge in [0.2, 0.25) is 5.91 Å². The van der Waals surface area contributed by atoms with Crippen molar-refractivity contribution in [2.75, 3.05) is 5.32 Å². The van der Waals surface area contributed by atoms with Crippen LogP contribution in [0.3, 0.4) is 0 Å². The van der Waals surface area contributed by atoms with Crippen LogP contribution in [-0.2, 0) is 11.2 Å². The van der Waals surface area contributed by atoms with Crippen LogP contribution < -0.4 is 16.0 Å². The topological polar surface area (TPSA) is 87.3 Å². The molecule has 2 aromatic carbocycles. The Morgan fingerprint density at radius 3 is 1.83 bits per heavy atom. The molecule has 29 heavy (non-hydrogen) atoms. The number of benzene rings is 2. The number of carbonyl (C=O) groups excluding carboxylic acids is 3. The Balaban J connectivity index is 1.96. The Hall–Kier alpha value is -3.15. The van der Waals surface area contributed by atoms with Crippen LogP contribution >= 0.6 is 0 Å². The van der Waals surface area contributed by atoms with Gasteiger partial charge in [0.05, 0.1) is 6.42 Å². The predicted molar refractivity (Wildman–Crippen MR) is 115 cm³/mol. The summed E-state index contributed by atoms with van der Waals surface area (Å²) in [4.78, 5) is 36.4. The first kappa shape index (κ1) is 22.1. The van der Waals surface area contributed by atoms with E-state index in [0.717, 1.165) is 5.56 Å². The highest BCUT2D eigenvalue weighted by Crippen LogP contribution is 2.13. The molecule has 2 aromatic rings.